The summed E-state index contributed by atoms with van der Waals surface area (Å²) < 4.78 is 39.4. The van der Waals surface area contributed by atoms with Gasteiger partial charge in [0.2, 0.25) is 10.0 Å². The van der Waals surface area contributed by atoms with Gasteiger partial charge in [-0.2, -0.15) is 0 Å². The van der Waals surface area contributed by atoms with Crippen molar-refractivity contribution in [2.45, 2.75) is 13.0 Å². The zero-order valence-electron chi connectivity index (χ0n) is 15.7. The molecule has 0 N–H and O–H groups in total. The second-order valence-electron chi connectivity index (χ2n) is 7.65. The molecule has 3 heterocycles. The standard InChI is InChI=1S/C20H22FN3O3S/c1-13-6-7-15(9-22-13)20(25)24-11-16-10-23(28(2,26)27)12-18(16)19(24)14-4-3-5-17(21)8-14/h3-9,16,18-19H,10-12H2,1-2H3/t16-,18-,19+/m0/s1. The first-order valence-corrected chi connectivity index (χ1v) is 11.0. The molecule has 4 rings (SSSR count). The van der Waals surface area contributed by atoms with Crippen LogP contribution in [0.4, 0.5) is 4.39 Å². The van der Waals surface area contributed by atoms with E-state index in [9.17, 15) is 17.6 Å². The van der Waals surface area contributed by atoms with E-state index in [0.29, 0.717) is 30.8 Å². The van der Waals surface area contributed by atoms with E-state index in [1.807, 2.05) is 6.92 Å². The first-order chi connectivity index (χ1) is 13.2. The first kappa shape index (κ1) is 19.0. The van der Waals surface area contributed by atoms with Crippen LogP contribution in [0.5, 0.6) is 0 Å². The lowest BCUT2D eigenvalue weighted by Crippen LogP contribution is -2.37. The van der Waals surface area contributed by atoms with Gasteiger partial charge in [0.15, 0.2) is 0 Å². The van der Waals surface area contributed by atoms with Gasteiger partial charge >= 0.3 is 0 Å². The maximum absolute atomic E-state index is 13.9. The average Bonchev–Trinajstić information content (AvgIpc) is 3.19. The van der Waals surface area contributed by atoms with E-state index < -0.39 is 10.0 Å². The van der Waals surface area contributed by atoms with Crippen LogP contribution in [0.25, 0.3) is 0 Å². The second-order valence-corrected chi connectivity index (χ2v) is 9.63. The minimum atomic E-state index is -3.31. The van der Waals surface area contributed by atoms with Gasteiger partial charge in [0.1, 0.15) is 5.82 Å². The Morgan fingerprint density at radius 2 is 1.96 bits per heavy atom. The number of aryl methyl sites for hydroxylation is 1. The third-order valence-corrected chi connectivity index (χ3v) is 6.95. The van der Waals surface area contributed by atoms with Crippen molar-refractivity contribution in [3.8, 4) is 0 Å². The Balaban J connectivity index is 1.70. The van der Waals surface area contributed by atoms with E-state index in [1.165, 1.54) is 22.7 Å². The number of carbonyl (C=O) groups is 1. The van der Waals surface area contributed by atoms with Crippen LogP contribution in [0, 0.1) is 24.6 Å². The molecule has 148 valence electrons. The number of hydrogen-bond acceptors (Lipinski definition) is 4. The van der Waals surface area contributed by atoms with Gasteiger partial charge in [-0.05, 0) is 42.7 Å². The normalized spacial score (nSPS) is 25.1. The second kappa shape index (κ2) is 6.93. The number of sulfonamides is 1. The van der Waals surface area contributed by atoms with Crippen LogP contribution in [-0.4, -0.2) is 54.4 Å². The predicted molar refractivity (Wildman–Crippen MR) is 103 cm³/mol. The summed E-state index contributed by atoms with van der Waals surface area (Å²) in [7, 11) is -3.31. The van der Waals surface area contributed by atoms with Crippen molar-refractivity contribution in [2.75, 3.05) is 25.9 Å². The summed E-state index contributed by atoms with van der Waals surface area (Å²) in [5, 5.41) is 0. The number of aromatic nitrogens is 1. The number of amides is 1. The molecule has 0 radical (unpaired) electrons. The van der Waals surface area contributed by atoms with E-state index in [0.717, 1.165) is 5.69 Å². The van der Waals surface area contributed by atoms with Gasteiger partial charge < -0.3 is 4.90 Å². The van der Waals surface area contributed by atoms with Crippen LogP contribution < -0.4 is 0 Å². The molecule has 1 aromatic heterocycles. The number of pyridine rings is 1. The third kappa shape index (κ3) is 3.42. The van der Waals surface area contributed by atoms with Crippen molar-refractivity contribution in [3.05, 3.63) is 65.2 Å². The fourth-order valence-electron chi connectivity index (χ4n) is 4.36. The highest BCUT2D eigenvalue weighted by Gasteiger charge is 2.50. The lowest BCUT2D eigenvalue weighted by Gasteiger charge is -2.29. The summed E-state index contributed by atoms with van der Waals surface area (Å²) in [4.78, 5) is 19.1. The highest BCUT2D eigenvalue weighted by Crippen LogP contribution is 2.46. The molecule has 8 heteroatoms. The minimum Gasteiger partial charge on any atom is -0.331 e. The monoisotopic (exact) mass is 403 g/mol. The topological polar surface area (TPSA) is 70.6 Å². The van der Waals surface area contributed by atoms with E-state index in [2.05, 4.69) is 4.98 Å². The molecule has 3 atom stereocenters. The number of benzene rings is 1. The van der Waals surface area contributed by atoms with Crippen LogP contribution in [0.2, 0.25) is 0 Å². The summed E-state index contributed by atoms with van der Waals surface area (Å²) in [6.45, 7) is 3.00. The third-order valence-electron chi connectivity index (χ3n) is 5.71. The summed E-state index contributed by atoms with van der Waals surface area (Å²) in [5.74, 6) is -0.588. The molecule has 2 aliphatic heterocycles. The van der Waals surface area contributed by atoms with Gasteiger partial charge in [-0.15, -0.1) is 0 Å². The maximum atomic E-state index is 13.9. The number of halogens is 1. The highest BCUT2D eigenvalue weighted by molar-refractivity contribution is 7.88. The van der Waals surface area contributed by atoms with Gasteiger partial charge in [0, 0.05) is 37.4 Å². The molecular formula is C20H22FN3O3S. The molecule has 28 heavy (non-hydrogen) atoms. The number of carbonyl (C=O) groups excluding carboxylic acids is 1. The molecule has 6 nitrogen and oxygen atoms in total. The number of nitrogens with zero attached hydrogens (tertiary/aromatic N) is 3. The van der Waals surface area contributed by atoms with Crippen molar-refractivity contribution in [1.82, 2.24) is 14.2 Å². The van der Waals surface area contributed by atoms with Gasteiger partial charge in [0.05, 0.1) is 17.9 Å². The Morgan fingerprint density at radius 1 is 1.18 bits per heavy atom. The number of hydrogen-bond donors (Lipinski definition) is 0. The smallest absolute Gasteiger partial charge is 0.255 e. The Labute approximate surface area is 164 Å². The van der Waals surface area contributed by atoms with Crippen molar-refractivity contribution in [3.63, 3.8) is 0 Å². The molecule has 2 fully saturated rings. The SMILES string of the molecule is Cc1ccc(C(=O)N2C[C@@H]3CN(S(C)(=O)=O)C[C@@H]3[C@H]2c2cccc(F)c2)cn1. The lowest BCUT2D eigenvalue weighted by atomic mass is 9.89. The fourth-order valence-corrected chi connectivity index (χ4v) is 5.27. The van der Waals surface area contributed by atoms with Gasteiger partial charge in [0.25, 0.3) is 5.91 Å². The zero-order valence-corrected chi connectivity index (χ0v) is 16.6. The number of likely N-dealkylation sites (tertiary alicyclic amines) is 1. The van der Waals surface area contributed by atoms with Gasteiger partial charge in [-0.1, -0.05) is 12.1 Å². The summed E-state index contributed by atoms with van der Waals surface area (Å²) in [5.41, 5.74) is 1.99. The molecule has 0 bridgehead atoms. The van der Waals surface area contributed by atoms with Crippen molar-refractivity contribution < 1.29 is 17.6 Å². The quantitative estimate of drug-likeness (QED) is 0.788. The van der Waals surface area contributed by atoms with Gasteiger partial charge in [-0.25, -0.2) is 17.1 Å². The Kier molecular flexibility index (Phi) is 4.71. The number of rotatable bonds is 3. The van der Waals surface area contributed by atoms with Crippen LogP contribution in [0.15, 0.2) is 42.6 Å². The average molecular weight is 403 g/mol. The van der Waals surface area contributed by atoms with Crippen molar-refractivity contribution >= 4 is 15.9 Å². The summed E-state index contributed by atoms with van der Waals surface area (Å²) >= 11 is 0. The Hall–Kier alpha value is -2.32. The van der Waals surface area contributed by atoms with Crippen molar-refractivity contribution in [1.29, 1.82) is 0 Å². The molecule has 1 aromatic carbocycles. The minimum absolute atomic E-state index is 0.0188. The predicted octanol–water partition coefficient (Wildman–Crippen LogP) is 2.23. The Morgan fingerprint density at radius 3 is 2.61 bits per heavy atom. The first-order valence-electron chi connectivity index (χ1n) is 9.18. The van der Waals surface area contributed by atoms with E-state index in [1.54, 1.807) is 35.4 Å². The van der Waals surface area contributed by atoms with E-state index in [4.69, 9.17) is 0 Å². The molecular weight excluding hydrogens is 381 g/mol. The molecule has 2 aliphatic rings. The highest BCUT2D eigenvalue weighted by atomic mass is 32.2. The maximum Gasteiger partial charge on any atom is 0.255 e. The zero-order chi connectivity index (χ0) is 20.1. The molecule has 0 saturated carbocycles. The molecule has 2 aromatic rings. The molecule has 0 unspecified atom stereocenters. The van der Waals surface area contributed by atoms with Gasteiger partial charge in [-0.3, -0.25) is 9.78 Å². The molecule has 0 spiro atoms. The van der Waals surface area contributed by atoms with Crippen LogP contribution in [0.3, 0.4) is 0 Å². The van der Waals surface area contributed by atoms with E-state index >= 15 is 0 Å². The van der Waals surface area contributed by atoms with E-state index in [-0.39, 0.29) is 29.6 Å². The molecule has 2 saturated heterocycles. The van der Waals surface area contributed by atoms with Crippen LogP contribution >= 0.6 is 0 Å². The molecule has 0 aliphatic carbocycles. The van der Waals surface area contributed by atoms with Crippen molar-refractivity contribution in [2.24, 2.45) is 11.8 Å². The Bertz CT molecular complexity index is 1010. The largest absolute Gasteiger partial charge is 0.331 e. The number of fused-ring (bicyclic) bond motifs is 1. The fraction of sp³-hybridized carbons (Fsp3) is 0.400. The summed E-state index contributed by atoms with van der Waals surface area (Å²) in [6.07, 6.45) is 2.75. The summed E-state index contributed by atoms with van der Waals surface area (Å²) in [6, 6.07) is 9.37. The molecule has 1 amide bonds. The lowest BCUT2D eigenvalue weighted by molar-refractivity contribution is 0.0708. The van der Waals surface area contributed by atoms with Crippen LogP contribution in [-0.2, 0) is 10.0 Å². The van der Waals surface area contributed by atoms with Crippen LogP contribution in [0.1, 0.15) is 27.7 Å².